The molecule has 0 radical (unpaired) electrons. The number of aryl methyl sites for hydroxylation is 1. The Morgan fingerprint density at radius 1 is 1.16 bits per heavy atom. The summed E-state index contributed by atoms with van der Waals surface area (Å²) in [6, 6.07) is 8.00. The van der Waals surface area contributed by atoms with Crippen LogP contribution in [-0.4, -0.2) is 35.6 Å². The van der Waals surface area contributed by atoms with Crippen molar-refractivity contribution in [2.24, 2.45) is 0 Å². The van der Waals surface area contributed by atoms with Gasteiger partial charge in [-0.05, 0) is 30.7 Å². The number of anilines is 2. The summed E-state index contributed by atoms with van der Waals surface area (Å²) >= 11 is 0. The van der Waals surface area contributed by atoms with Crippen LogP contribution < -0.4 is 10.1 Å². The lowest BCUT2D eigenvalue weighted by atomic mass is 10.1. The lowest BCUT2D eigenvalue weighted by molar-refractivity contribution is 0.146. The Kier molecular flexibility index (Phi) is 4.95. The van der Waals surface area contributed by atoms with Crippen molar-refractivity contribution < 1.29 is 19.0 Å². The minimum Gasteiger partial charge on any atom is -0.508 e. The van der Waals surface area contributed by atoms with E-state index in [4.69, 9.17) is 9.47 Å². The first-order valence-corrected chi connectivity index (χ1v) is 7.72. The summed E-state index contributed by atoms with van der Waals surface area (Å²) in [4.78, 5) is 0. The molecule has 1 heterocycles. The lowest BCUT2D eigenvalue weighted by Gasteiger charge is -2.12. The van der Waals surface area contributed by atoms with Crippen molar-refractivity contribution in [3.63, 3.8) is 0 Å². The van der Waals surface area contributed by atoms with Gasteiger partial charge in [0.1, 0.15) is 23.9 Å². The standard InChI is InChI=1S/C18H18FN3O3/c1-11-7-14(19)16(9-18(11)23)21-17-10-20-22-15-8-12(3-4-13(15)17)25-6-5-24-2/h3-4,7-10,23H,5-6H2,1-2H3,(H,21,22). The van der Waals surface area contributed by atoms with Gasteiger partial charge in [0, 0.05) is 24.6 Å². The second-order valence-corrected chi connectivity index (χ2v) is 5.52. The molecule has 0 unspecified atom stereocenters. The number of ether oxygens (including phenoxy) is 2. The zero-order valence-corrected chi connectivity index (χ0v) is 13.9. The van der Waals surface area contributed by atoms with Crippen molar-refractivity contribution in [1.29, 1.82) is 0 Å². The molecular weight excluding hydrogens is 325 g/mol. The van der Waals surface area contributed by atoms with E-state index in [2.05, 4.69) is 15.5 Å². The Bertz CT molecular complexity index is 902. The van der Waals surface area contributed by atoms with Gasteiger partial charge in [0.2, 0.25) is 0 Å². The first-order valence-electron chi connectivity index (χ1n) is 7.72. The average molecular weight is 343 g/mol. The van der Waals surface area contributed by atoms with Crippen LogP contribution in [-0.2, 0) is 4.74 Å². The largest absolute Gasteiger partial charge is 0.508 e. The number of phenolic OH excluding ortho intramolecular Hbond substituents is 1. The molecule has 0 aliphatic rings. The summed E-state index contributed by atoms with van der Waals surface area (Å²) in [6.07, 6.45) is 1.50. The summed E-state index contributed by atoms with van der Waals surface area (Å²) in [5, 5.41) is 21.5. The van der Waals surface area contributed by atoms with Gasteiger partial charge in [-0.3, -0.25) is 0 Å². The second kappa shape index (κ2) is 7.31. The summed E-state index contributed by atoms with van der Waals surface area (Å²) in [7, 11) is 1.61. The van der Waals surface area contributed by atoms with Crippen molar-refractivity contribution in [1.82, 2.24) is 10.2 Å². The van der Waals surface area contributed by atoms with E-state index in [9.17, 15) is 9.50 Å². The topological polar surface area (TPSA) is 76.5 Å². The molecule has 130 valence electrons. The minimum atomic E-state index is -0.459. The van der Waals surface area contributed by atoms with E-state index >= 15 is 0 Å². The maximum absolute atomic E-state index is 14.1. The Morgan fingerprint density at radius 2 is 2.00 bits per heavy atom. The number of fused-ring (bicyclic) bond motifs is 1. The van der Waals surface area contributed by atoms with Crippen molar-refractivity contribution in [3.05, 3.63) is 47.9 Å². The van der Waals surface area contributed by atoms with Gasteiger partial charge in [0.05, 0.1) is 29.7 Å². The zero-order valence-electron chi connectivity index (χ0n) is 13.9. The number of aromatic nitrogens is 2. The molecule has 0 atom stereocenters. The summed E-state index contributed by atoms with van der Waals surface area (Å²) < 4.78 is 24.6. The fraction of sp³-hybridized carbons (Fsp3) is 0.222. The number of phenols is 1. The molecule has 0 bridgehead atoms. The molecule has 25 heavy (non-hydrogen) atoms. The third-order valence-electron chi connectivity index (χ3n) is 3.72. The fourth-order valence-electron chi connectivity index (χ4n) is 2.37. The van der Waals surface area contributed by atoms with Crippen LogP contribution in [0.15, 0.2) is 36.5 Å². The highest BCUT2D eigenvalue weighted by atomic mass is 19.1. The average Bonchev–Trinajstić information content (AvgIpc) is 2.60. The maximum atomic E-state index is 14.1. The number of hydrogen-bond acceptors (Lipinski definition) is 6. The molecule has 3 rings (SSSR count). The molecule has 0 spiro atoms. The SMILES string of the molecule is COCCOc1ccc2c(Nc3cc(O)c(C)cc3F)cnnc2c1. The van der Waals surface area contributed by atoms with Crippen LogP contribution >= 0.6 is 0 Å². The van der Waals surface area contributed by atoms with E-state index in [1.54, 1.807) is 26.2 Å². The molecule has 7 heteroatoms. The van der Waals surface area contributed by atoms with E-state index in [0.717, 1.165) is 5.39 Å². The molecule has 0 saturated heterocycles. The van der Waals surface area contributed by atoms with E-state index < -0.39 is 5.82 Å². The number of benzene rings is 2. The molecule has 0 amide bonds. The van der Waals surface area contributed by atoms with Crippen LogP contribution in [0, 0.1) is 12.7 Å². The van der Waals surface area contributed by atoms with Crippen LogP contribution in [0.5, 0.6) is 11.5 Å². The first-order chi connectivity index (χ1) is 12.1. The van der Waals surface area contributed by atoms with Gasteiger partial charge in [-0.25, -0.2) is 4.39 Å². The number of nitrogens with zero attached hydrogens (tertiary/aromatic N) is 2. The molecule has 0 aliphatic heterocycles. The molecule has 0 fully saturated rings. The molecule has 0 aliphatic carbocycles. The van der Waals surface area contributed by atoms with Gasteiger partial charge in [-0.2, -0.15) is 10.2 Å². The van der Waals surface area contributed by atoms with Crippen LogP contribution in [0.4, 0.5) is 15.8 Å². The van der Waals surface area contributed by atoms with Gasteiger partial charge >= 0.3 is 0 Å². The predicted octanol–water partition coefficient (Wildman–Crippen LogP) is 3.55. The van der Waals surface area contributed by atoms with Crippen LogP contribution in [0.25, 0.3) is 10.9 Å². The van der Waals surface area contributed by atoms with Gasteiger partial charge in [-0.15, -0.1) is 0 Å². The Hall–Kier alpha value is -2.93. The highest BCUT2D eigenvalue weighted by molar-refractivity contribution is 5.93. The highest BCUT2D eigenvalue weighted by Crippen LogP contribution is 2.31. The van der Waals surface area contributed by atoms with Crippen molar-refractivity contribution in [3.8, 4) is 11.5 Å². The monoisotopic (exact) mass is 343 g/mol. The summed E-state index contributed by atoms with van der Waals surface area (Å²) in [5.41, 5.74) is 1.82. The predicted molar refractivity (Wildman–Crippen MR) is 93.0 cm³/mol. The summed E-state index contributed by atoms with van der Waals surface area (Å²) in [5.74, 6) is 0.207. The van der Waals surface area contributed by atoms with E-state index in [0.29, 0.717) is 35.7 Å². The first kappa shape index (κ1) is 16.9. The number of aromatic hydroxyl groups is 1. The second-order valence-electron chi connectivity index (χ2n) is 5.52. The van der Waals surface area contributed by atoms with Crippen LogP contribution in [0.1, 0.15) is 5.56 Å². The molecular formula is C18H18FN3O3. The highest BCUT2D eigenvalue weighted by Gasteiger charge is 2.10. The van der Waals surface area contributed by atoms with Crippen molar-refractivity contribution in [2.75, 3.05) is 25.6 Å². The minimum absolute atomic E-state index is 0.0176. The molecule has 3 aromatic rings. The van der Waals surface area contributed by atoms with Crippen LogP contribution in [0.2, 0.25) is 0 Å². The van der Waals surface area contributed by atoms with Crippen molar-refractivity contribution in [2.45, 2.75) is 6.92 Å². The molecule has 2 N–H and O–H groups in total. The number of nitrogens with one attached hydrogen (secondary N) is 1. The van der Waals surface area contributed by atoms with E-state index in [1.165, 1.54) is 18.3 Å². The molecule has 1 aromatic heterocycles. The molecule has 2 aromatic carbocycles. The smallest absolute Gasteiger partial charge is 0.147 e. The van der Waals surface area contributed by atoms with Gasteiger partial charge in [0.25, 0.3) is 0 Å². The molecule has 0 saturated carbocycles. The number of halogens is 1. The number of methoxy groups -OCH3 is 1. The third-order valence-corrected chi connectivity index (χ3v) is 3.72. The number of hydrogen-bond donors (Lipinski definition) is 2. The number of rotatable bonds is 6. The molecule has 6 nitrogen and oxygen atoms in total. The Balaban J connectivity index is 1.91. The maximum Gasteiger partial charge on any atom is 0.147 e. The van der Waals surface area contributed by atoms with E-state index in [1.807, 2.05) is 6.07 Å². The fourth-order valence-corrected chi connectivity index (χ4v) is 2.37. The quantitative estimate of drug-likeness (QED) is 0.667. The lowest BCUT2D eigenvalue weighted by Crippen LogP contribution is -2.04. The van der Waals surface area contributed by atoms with Gasteiger partial charge < -0.3 is 19.9 Å². The Morgan fingerprint density at radius 3 is 2.80 bits per heavy atom. The van der Waals surface area contributed by atoms with Crippen molar-refractivity contribution >= 4 is 22.3 Å². The normalized spacial score (nSPS) is 10.8. The van der Waals surface area contributed by atoms with Gasteiger partial charge in [0.15, 0.2) is 0 Å². The Labute approximate surface area is 144 Å². The van der Waals surface area contributed by atoms with Crippen LogP contribution in [0.3, 0.4) is 0 Å². The van der Waals surface area contributed by atoms with E-state index in [-0.39, 0.29) is 11.4 Å². The third kappa shape index (κ3) is 3.77. The zero-order chi connectivity index (χ0) is 17.8. The summed E-state index contributed by atoms with van der Waals surface area (Å²) in [6.45, 7) is 2.55. The van der Waals surface area contributed by atoms with Gasteiger partial charge in [-0.1, -0.05) is 0 Å².